The van der Waals surface area contributed by atoms with Gasteiger partial charge < -0.3 is 14.8 Å². The second kappa shape index (κ2) is 11.8. The Balaban J connectivity index is 1.80. The standard InChI is InChI=1S/C25H28N2O5S2/c1-19-9-12-22(13-10-19)34(29,30)27(20-11-14-23(31-2)24(17-20)32-3)18-25(28)26-15-16-33-21-7-5-4-6-8-21/h4-14,17H,15-16,18H2,1-3H3,(H,26,28). The SMILES string of the molecule is COc1ccc(N(CC(=O)NCCSc2ccccc2)S(=O)(=O)c2ccc(C)cc2)cc1OC. The van der Waals surface area contributed by atoms with Gasteiger partial charge in [-0.2, -0.15) is 0 Å². The molecular weight excluding hydrogens is 472 g/mol. The second-order valence-electron chi connectivity index (χ2n) is 7.38. The normalized spacial score (nSPS) is 11.0. The molecular formula is C25H28N2O5S2. The summed E-state index contributed by atoms with van der Waals surface area (Å²) in [6.45, 7) is 1.91. The Bertz CT molecular complexity index is 1200. The minimum absolute atomic E-state index is 0.0975. The first-order valence-corrected chi connectivity index (χ1v) is 13.0. The van der Waals surface area contributed by atoms with Gasteiger partial charge in [-0.15, -0.1) is 11.8 Å². The van der Waals surface area contributed by atoms with Gasteiger partial charge in [-0.05, 0) is 43.3 Å². The second-order valence-corrected chi connectivity index (χ2v) is 10.4. The van der Waals surface area contributed by atoms with Gasteiger partial charge in [0.15, 0.2) is 11.5 Å². The molecule has 0 bridgehead atoms. The lowest BCUT2D eigenvalue weighted by atomic mass is 10.2. The molecule has 0 atom stereocenters. The molecule has 0 aromatic heterocycles. The number of methoxy groups -OCH3 is 2. The van der Waals surface area contributed by atoms with Crippen LogP contribution in [0.1, 0.15) is 5.56 Å². The van der Waals surface area contributed by atoms with E-state index in [2.05, 4.69) is 5.32 Å². The minimum Gasteiger partial charge on any atom is -0.493 e. The Hall–Kier alpha value is -3.17. The highest BCUT2D eigenvalue weighted by atomic mass is 32.2. The summed E-state index contributed by atoms with van der Waals surface area (Å²) in [6.07, 6.45) is 0. The van der Waals surface area contributed by atoms with Crippen LogP contribution in [0.3, 0.4) is 0 Å². The molecule has 0 aliphatic heterocycles. The highest BCUT2D eigenvalue weighted by Crippen LogP contribution is 2.33. The molecule has 1 amide bonds. The smallest absolute Gasteiger partial charge is 0.264 e. The molecule has 180 valence electrons. The van der Waals surface area contributed by atoms with Gasteiger partial charge in [-0.1, -0.05) is 35.9 Å². The molecule has 3 aromatic carbocycles. The van der Waals surface area contributed by atoms with Crippen LogP contribution < -0.4 is 19.1 Å². The summed E-state index contributed by atoms with van der Waals surface area (Å²) in [4.78, 5) is 14.0. The number of nitrogens with zero attached hydrogens (tertiary/aromatic N) is 1. The molecule has 0 aliphatic carbocycles. The lowest BCUT2D eigenvalue weighted by Crippen LogP contribution is -2.41. The summed E-state index contributed by atoms with van der Waals surface area (Å²) in [6, 6.07) is 21.1. The molecule has 3 rings (SSSR count). The van der Waals surface area contributed by atoms with Gasteiger partial charge in [-0.25, -0.2) is 8.42 Å². The maximum Gasteiger partial charge on any atom is 0.264 e. The number of hydrogen-bond acceptors (Lipinski definition) is 6. The molecule has 0 unspecified atom stereocenters. The van der Waals surface area contributed by atoms with Crippen LogP contribution in [0.15, 0.2) is 82.6 Å². The average Bonchev–Trinajstić information content (AvgIpc) is 2.85. The van der Waals surface area contributed by atoms with Crippen molar-refractivity contribution in [1.82, 2.24) is 5.32 Å². The van der Waals surface area contributed by atoms with Gasteiger partial charge in [-0.3, -0.25) is 9.10 Å². The molecule has 9 heteroatoms. The Morgan fingerprint density at radius 1 is 0.941 bits per heavy atom. The van der Waals surface area contributed by atoms with Crippen LogP contribution in [0.5, 0.6) is 11.5 Å². The van der Waals surface area contributed by atoms with Crippen molar-refractivity contribution >= 4 is 33.4 Å². The molecule has 1 N–H and O–H groups in total. The largest absolute Gasteiger partial charge is 0.493 e. The number of carbonyl (C=O) groups excluding carboxylic acids is 1. The van der Waals surface area contributed by atoms with E-state index in [0.717, 1.165) is 14.8 Å². The van der Waals surface area contributed by atoms with E-state index in [0.29, 0.717) is 29.5 Å². The van der Waals surface area contributed by atoms with Crippen molar-refractivity contribution in [3.63, 3.8) is 0 Å². The maximum atomic E-state index is 13.5. The number of rotatable bonds is 11. The van der Waals surface area contributed by atoms with Crippen molar-refractivity contribution in [3.8, 4) is 11.5 Å². The summed E-state index contributed by atoms with van der Waals surface area (Å²) in [5, 5.41) is 2.82. The topological polar surface area (TPSA) is 84.9 Å². The van der Waals surface area contributed by atoms with Crippen LogP contribution in [0.4, 0.5) is 5.69 Å². The molecule has 0 radical (unpaired) electrons. The van der Waals surface area contributed by atoms with Crippen LogP contribution in [0.25, 0.3) is 0 Å². The van der Waals surface area contributed by atoms with E-state index in [-0.39, 0.29) is 11.4 Å². The van der Waals surface area contributed by atoms with Crippen molar-refractivity contribution in [2.24, 2.45) is 0 Å². The van der Waals surface area contributed by atoms with Crippen molar-refractivity contribution in [2.45, 2.75) is 16.7 Å². The molecule has 0 aliphatic rings. The fraction of sp³-hybridized carbons (Fsp3) is 0.240. The van der Waals surface area contributed by atoms with Gasteiger partial charge in [0.05, 0.1) is 24.8 Å². The Kier molecular flexibility index (Phi) is 8.84. The summed E-state index contributed by atoms with van der Waals surface area (Å²) in [7, 11) is -1.04. The van der Waals surface area contributed by atoms with Gasteiger partial charge >= 0.3 is 0 Å². The zero-order valence-electron chi connectivity index (χ0n) is 19.4. The third-order valence-electron chi connectivity index (χ3n) is 4.99. The Morgan fingerprint density at radius 2 is 1.62 bits per heavy atom. The van der Waals surface area contributed by atoms with Crippen LogP contribution in [0, 0.1) is 6.92 Å². The summed E-state index contributed by atoms with van der Waals surface area (Å²) in [5.41, 5.74) is 1.23. The first kappa shape index (κ1) is 25.5. The average molecular weight is 501 g/mol. The zero-order valence-corrected chi connectivity index (χ0v) is 21.0. The van der Waals surface area contributed by atoms with E-state index in [1.54, 1.807) is 42.1 Å². The summed E-state index contributed by atoms with van der Waals surface area (Å²) >= 11 is 1.61. The minimum atomic E-state index is -4.01. The molecule has 0 spiro atoms. The molecule has 0 saturated heterocycles. The number of hydrogen-bond donors (Lipinski definition) is 1. The third kappa shape index (κ3) is 6.45. The quantitative estimate of drug-likeness (QED) is 0.315. The highest BCUT2D eigenvalue weighted by Gasteiger charge is 2.28. The van der Waals surface area contributed by atoms with Crippen molar-refractivity contribution in [1.29, 1.82) is 0 Å². The van der Waals surface area contributed by atoms with Gasteiger partial charge in [0.2, 0.25) is 5.91 Å². The molecule has 0 heterocycles. The number of anilines is 1. The number of ether oxygens (including phenoxy) is 2. The van der Waals surface area contributed by atoms with Crippen molar-refractivity contribution in [3.05, 3.63) is 78.4 Å². The van der Waals surface area contributed by atoms with E-state index in [1.165, 1.54) is 26.4 Å². The van der Waals surface area contributed by atoms with Gasteiger partial charge in [0, 0.05) is 23.3 Å². The maximum absolute atomic E-state index is 13.5. The predicted molar refractivity (Wildman–Crippen MR) is 135 cm³/mol. The van der Waals surface area contributed by atoms with Crippen LogP contribution in [-0.4, -0.2) is 47.4 Å². The van der Waals surface area contributed by atoms with Crippen molar-refractivity contribution in [2.75, 3.05) is 37.4 Å². The highest BCUT2D eigenvalue weighted by molar-refractivity contribution is 7.99. The van der Waals surface area contributed by atoms with Gasteiger partial charge in [0.1, 0.15) is 6.54 Å². The zero-order chi connectivity index (χ0) is 24.6. The van der Waals surface area contributed by atoms with E-state index in [4.69, 9.17) is 9.47 Å². The van der Waals surface area contributed by atoms with E-state index in [1.807, 2.05) is 37.3 Å². The molecule has 7 nitrogen and oxygen atoms in total. The van der Waals surface area contributed by atoms with Crippen LogP contribution >= 0.6 is 11.8 Å². The molecule has 3 aromatic rings. The van der Waals surface area contributed by atoms with E-state index >= 15 is 0 Å². The number of sulfonamides is 1. The van der Waals surface area contributed by atoms with Gasteiger partial charge in [0.25, 0.3) is 10.0 Å². The first-order chi connectivity index (χ1) is 16.3. The van der Waals surface area contributed by atoms with Crippen LogP contribution in [0.2, 0.25) is 0 Å². The number of carbonyl (C=O) groups is 1. The molecule has 0 saturated carbocycles. The number of amides is 1. The summed E-state index contributed by atoms with van der Waals surface area (Å²) < 4.78 is 38.7. The van der Waals surface area contributed by atoms with Crippen LogP contribution in [-0.2, 0) is 14.8 Å². The Labute approximate surface area is 205 Å². The van der Waals surface area contributed by atoms with E-state index in [9.17, 15) is 13.2 Å². The first-order valence-electron chi connectivity index (χ1n) is 10.6. The lowest BCUT2D eigenvalue weighted by Gasteiger charge is -2.25. The van der Waals surface area contributed by atoms with E-state index < -0.39 is 15.9 Å². The number of thioether (sulfide) groups is 1. The number of benzene rings is 3. The fourth-order valence-electron chi connectivity index (χ4n) is 3.19. The summed E-state index contributed by atoms with van der Waals surface area (Å²) in [5.74, 6) is 1.08. The molecule has 34 heavy (non-hydrogen) atoms. The number of nitrogens with one attached hydrogen (secondary N) is 1. The number of aryl methyl sites for hydroxylation is 1. The monoisotopic (exact) mass is 500 g/mol. The molecule has 0 fully saturated rings. The van der Waals surface area contributed by atoms with Crippen molar-refractivity contribution < 1.29 is 22.7 Å². The Morgan fingerprint density at radius 3 is 2.26 bits per heavy atom. The fourth-order valence-corrected chi connectivity index (χ4v) is 5.40. The third-order valence-corrected chi connectivity index (χ3v) is 7.79. The lowest BCUT2D eigenvalue weighted by molar-refractivity contribution is -0.119. The predicted octanol–water partition coefficient (Wildman–Crippen LogP) is 4.12.